The lowest BCUT2D eigenvalue weighted by Gasteiger charge is -2.39. The lowest BCUT2D eigenvalue weighted by atomic mass is 9.90. The van der Waals surface area contributed by atoms with Crippen LogP contribution in [0.25, 0.3) is 0 Å². The Kier molecular flexibility index (Phi) is 15.9. The molecule has 1 heterocycles. The summed E-state index contributed by atoms with van der Waals surface area (Å²) >= 11 is 0. The van der Waals surface area contributed by atoms with Crippen molar-refractivity contribution in [3.8, 4) is 0 Å². The number of esters is 1. The molecule has 0 aliphatic carbocycles. The highest BCUT2D eigenvalue weighted by molar-refractivity contribution is 5.86. The molecule has 1 aromatic carbocycles. The molecule has 47 heavy (non-hydrogen) atoms. The zero-order chi connectivity index (χ0) is 35.5. The summed E-state index contributed by atoms with van der Waals surface area (Å²) in [7, 11) is 4.95. The molecule has 0 bridgehead atoms. The molecule has 10 nitrogen and oxygen atoms in total. The molecule has 1 aliphatic rings. The molecule has 1 aliphatic heterocycles. The van der Waals surface area contributed by atoms with E-state index in [1.165, 1.54) is 0 Å². The SMILES string of the molecule is CC[C@H](C)C(C(CC(=O)N1CCCC1C(OC)C(C)C(=O)N[C@@H](Cc1ccccc1)C(=O)OC(C)(C)C)OC)N(C)C(=O)CC(C)C. The molecule has 266 valence electrons. The van der Waals surface area contributed by atoms with Gasteiger partial charge in [0.25, 0.3) is 0 Å². The van der Waals surface area contributed by atoms with Crippen molar-refractivity contribution in [3.05, 3.63) is 35.9 Å². The summed E-state index contributed by atoms with van der Waals surface area (Å²) in [5, 5.41) is 2.93. The minimum atomic E-state index is -0.888. The van der Waals surface area contributed by atoms with Gasteiger partial charge < -0.3 is 29.3 Å². The Bertz CT molecular complexity index is 1150. The van der Waals surface area contributed by atoms with Crippen LogP contribution in [0.4, 0.5) is 0 Å². The topological polar surface area (TPSA) is 114 Å². The van der Waals surface area contributed by atoms with Crippen LogP contribution < -0.4 is 5.32 Å². The van der Waals surface area contributed by atoms with Crippen LogP contribution in [0.2, 0.25) is 0 Å². The minimum Gasteiger partial charge on any atom is -0.458 e. The van der Waals surface area contributed by atoms with E-state index in [0.29, 0.717) is 19.4 Å². The van der Waals surface area contributed by atoms with Crippen molar-refractivity contribution >= 4 is 23.7 Å². The second kappa shape index (κ2) is 18.5. The van der Waals surface area contributed by atoms with Gasteiger partial charge in [-0.25, -0.2) is 4.79 Å². The van der Waals surface area contributed by atoms with E-state index < -0.39 is 35.7 Å². The molecular formula is C37H61N3O7. The number of nitrogens with one attached hydrogen (secondary N) is 1. The van der Waals surface area contributed by atoms with Gasteiger partial charge in [-0.1, -0.05) is 71.4 Å². The van der Waals surface area contributed by atoms with Gasteiger partial charge in [-0.2, -0.15) is 0 Å². The Morgan fingerprint density at radius 2 is 1.64 bits per heavy atom. The summed E-state index contributed by atoms with van der Waals surface area (Å²) in [5.74, 6) is -1.24. The Balaban J connectivity index is 2.24. The molecular weight excluding hydrogens is 598 g/mol. The van der Waals surface area contributed by atoms with Crippen LogP contribution in [0.5, 0.6) is 0 Å². The van der Waals surface area contributed by atoms with E-state index in [-0.39, 0.29) is 54.5 Å². The second-order valence-corrected chi connectivity index (χ2v) is 14.5. The fraction of sp³-hybridized carbons (Fsp3) is 0.730. The maximum atomic E-state index is 14.0. The van der Waals surface area contributed by atoms with Crippen molar-refractivity contribution < 1.29 is 33.4 Å². The van der Waals surface area contributed by atoms with E-state index in [2.05, 4.69) is 19.2 Å². The summed E-state index contributed by atoms with van der Waals surface area (Å²) in [6.07, 6.45) is 2.02. The highest BCUT2D eigenvalue weighted by atomic mass is 16.6. The van der Waals surface area contributed by atoms with Gasteiger partial charge in [-0.3, -0.25) is 14.4 Å². The predicted molar refractivity (Wildman–Crippen MR) is 183 cm³/mol. The number of rotatable bonds is 17. The Morgan fingerprint density at radius 3 is 2.17 bits per heavy atom. The van der Waals surface area contributed by atoms with Crippen LogP contribution in [0, 0.1) is 17.8 Å². The van der Waals surface area contributed by atoms with Crippen LogP contribution in [0.3, 0.4) is 0 Å². The fourth-order valence-electron chi connectivity index (χ4n) is 6.54. The summed E-state index contributed by atoms with van der Waals surface area (Å²) in [4.78, 5) is 57.5. The monoisotopic (exact) mass is 659 g/mol. The van der Waals surface area contributed by atoms with Crippen LogP contribution in [0.1, 0.15) is 93.1 Å². The summed E-state index contributed by atoms with van der Waals surface area (Å²) in [6.45, 7) is 15.9. The van der Waals surface area contributed by atoms with Gasteiger partial charge in [-0.05, 0) is 51.0 Å². The standard InChI is InChI=1S/C37H61N3O7/c1-12-25(4)33(39(9)31(41)21-24(2)3)30(45-10)23-32(42)40-20-16-19-29(40)34(46-11)26(5)35(43)38-28(36(44)47-37(6,7)8)22-27-17-14-13-15-18-27/h13-15,17-18,24-26,28-30,33-34H,12,16,19-23H2,1-11H3,(H,38,43)/t25-,26?,28-,29?,30?,33?,34?/m0/s1. The highest BCUT2D eigenvalue weighted by Crippen LogP contribution is 2.29. The first-order valence-corrected chi connectivity index (χ1v) is 17.2. The number of amides is 3. The maximum Gasteiger partial charge on any atom is 0.329 e. The third-order valence-electron chi connectivity index (χ3n) is 9.18. The average Bonchev–Trinajstić information content (AvgIpc) is 3.49. The first-order chi connectivity index (χ1) is 22.0. The zero-order valence-corrected chi connectivity index (χ0v) is 30.7. The van der Waals surface area contributed by atoms with E-state index in [4.69, 9.17) is 14.2 Å². The van der Waals surface area contributed by atoms with Crippen LogP contribution in [-0.2, 0) is 39.8 Å². The Morgan fingerprint density at radius 1 is 1.00 bits per heavy atom. The van der Waals surface area contributed by atoms with Gasteiger partial charge in [0.1, 0.15) is 11.6 Å². The number of ether oxygens (including phenoxy) is 3. The normalized spacial score (nSPS) is 19.0. The number of carbonyl (C=O) groups is 4. The lowest BCUT2D eigenvalue weighted by molar-refractivity contribution is -0.159. The van der Waals surface area contributed by atoms with Crippen molar-refractivity contribution in [3.63, 3.8) is 0 Å². The highest BCUT2D eigenvalue weighted by Gasteiger charge is 2.42. The van der Waals surface area contributed by atoms with Crippen molar-refractivity contribution in [1.82, 2.24) is 15.1 Å². The zero-order valence-electron chi connectivity index (χ0n) is 30.7. The molecule has 1 saturated heterocycles. The molecule has 1 aromatic rings. The fourth-order valence-corrected chi connectivity index (χ4v) is 6.54. The number of nitrogens with zero attached hydrogens (tertiary/aromatic N) is 2. The molecule has 1 N–H and O–H groups in total. The minimum absolute atomic E-state index is 0.0371. The largest absolute Gasteiger partial charge is 0.458 e. The Labute approximate surface area is 283 Å². The molecule has 0 saturated carbocycles. The van der Waals surface area contributed by atoms with Gasteiger partial charge in [0.15, 0.2) is 0 Å². The third kappa shape index (κ3) is 11.9. The van der Waals surface area contributed by atoms with E-state index in [9.17, 15) is 19.2 Å². The summed E-state index contributed by atoms with van der Waals surface area (Å²) in [6, 6.07) is 8.00. The van der Waals surface area contributed by atoms with Gasteiger partial charge in [-0.15, -0.1) is 0 Å². The van der Waals surface area contributed by atoms with Crippen LogP contribution in [0.15, 0.2) is 30.3 Å². The average molecular weight is 660 g/mol. The maximum absolute atomic E-state index is 14.0. The summed E-state index contributed by atoms with van der Waals surface area (Å²) in [5.41, 5.74) is 0.180. The number of benzene rings is 1. The molecule has 1 fully saturated rings. The molecule has 0 spiro atoms. The molecule has 5 unspecified atom stereocenters. The summed E-state index contributed by atoms with van der Waals surface area (Å²) < 4.78 is 17.5. The number of hydrogen-bond acceptors (Lipinski definition) is 7. The van der Waals surface area contributed by atoms with Crippen LogP contribution in [-0.4, -0.2) is 97.2 Å². The molecule has 0 aromatic heterocycles. The number of methoxy groups -OCH3 is 2. The van der Waals surface area contributed by atoms with E-state index >= 15 is 0 Å². The van der Waals surface area contributed by atoms with Crippen molar-refractivity contribution in [2.45, 2.75) is 130 Å². The van der Waals surface area contributed by atoms with Crippen molar-refractivity contribution in [2.24, 2.45) is 17.8 Å². The van der Waals surface area contributed by atoms with Gasteiger partial charge >= 0.3 is 5.97 Å². The third-order valence-corrected chi connectivity index (χ3v) is 9.18. The lowest BCUT2D eigenvalue weighted by Crippen LogP contribution is -2.54. The smallest absolute Gasteiger partial charge is 0.329 e. The number of carbonyl (C=O) groups excluding carboxylic acids is 4. The Hall–Kier alpha value is -2.98. The second-order valence-electron chi connectivity index (χ2n) is 14.5. The molecule has 0 radical (unpaired) electrons. The van der Waals surface area contributed by atoms with Crippen molar-refractivity contribution in [2.75, 3.05) is 27.8 Å². The van der Waals surface area contributed by atoms with Crippen molar-refractivity contribution in [1.29, 1.82) is 0 Å². The molecule has 7 atom stereocenters. The van der Waals surface area contributed by atoms with Gasteiger partial charge in [0.2, 0.25) is 17.7 Å². The molecule has 3 amide bonds. The number of hydrogen-bond donors (Lipinski definition) is 1. The quantitative estimate of drug-likeness (QED) is 0.234. The van der Waals surface area contributed by atoms with E-state index in [0.717, 1.165) is 18.4 Å². The molecule has 2 rings (SSSR count). The van der Waals surface area contributed by atoms with E-state index in [1.807, 2.05) is 49.1 Å². The van der Waals surface area contributed by atoms with Crippen LogP contribution >= 0.6 is 0 Å². The first-order valence-electron chi connectivity index (χ1n) is 17.2. The van der Waals surface area contributed by atoms with Gasteiger partial charge in [0.05, 0.1) is 36.6 Å². The first kappa shape index (κ1) is 40.2. The molecule has 10 heteroatoms. The van der Waals surface area contributed by atoms with E-state index in [1.54, 1.807) is 53.9 Å². The number of likely N-dealkylation sites (tertiary alicyclic amines) is 1. The van der Waals surface area contributed by atoms with Gasteiger partial charge in [0, 0.05) is 40.7 Å². The number of likely N-dealkylation sites (N-methyl/N-ethyl adjacent to an activating group) is 1. The predicted octanol–water partition coefficient (Wildman–Crippen LogP) is 5.02.